The number of hydrogen-bond donors (Lipinski definition) is 3. The topological polar surface area (TPSA) is 129 Å². The second-order valence-electron chi connectivity index (χ2n) is 8.17. The van der Waals surface area contributed by atoms with Crippen LogP contribution in [0.3, 0.4) is 0 Å². The van der Waals surface area contributed by atoms with Crippen molar-refractivity contribution >= 4 is 28.6 Å². The van der Waals surface area contributed by atoms with Gasteiger partial charge in [0.25, 0.3) is 5.56 Å². The average molecular weight is 401 g/mol. The van der Waals surface area contributed by atoms with E-state index in [-0.39, 0.29) is 17.5 Å². The summed E-state index contributed by atoms with van der Waals surface area (Å²) in [5.41, 5.74) is 12.5. The zero-order valence-corrected chi connectivity index (χ0v) is 17.4. The summed E-state index contributed by atoms with van der Waals surface area (Å²) in [5.74, 6) is 0.286. The van der Waals surface area contributed by atoms with Crippen LogP contribution in [0.2, 0.25) is 0 Å². The number of carbonyl (C=O) groups excluding carboxylic acids is 1. The Balaban J connectivity index is 0.000000552. The Morgan fingerprint density at radius 3 is 2.34 bits per heavy atom. The molecule has 0 unspecified atom stereocenters. The monoisotopic (exact) mass is 400 g/mol. The number of pyridine rings is 1. The number of rotatable bonds is 3. The van der Waals surface area contributed by atoms with Gasteiger partial charge in [0.1, 0.15) is 0 Å². The van der Waals surface area contributed by atoms with Gasteiger partial charge in [0.2, 0.25) is 11.9 Å². The molecule has 2 heterocycles. The molecule has 0 atom stereocenters. The van der Waals surface area contributed by atoms with E-state index in [0.29, 0.717) is 28.9 Å². The Morgan fingerprint density at radius 2 is 1.72 bits per heavy atom. The van der Waals surface area contributed by atoms with Crippen LogP contribution in [-0.2, 0) is 4.79 Å². The zero-order valence-electron chi connectivity index (χ0n) is 17.4. The molecule has 2 aliphatic rings. The molecule has 0 aromatic carbocycles. The summed E-state index contributed by atoms with van der Waals surface area (Å²) in [6.45, 7) is 3.11. The normalized spacial score (nSPS) is 17.7. The first-order valence-corrected chi connectivity index (χ1v) is 10.6. The maximum Gasteiger partial charge on any atom is 0.257 e. The second kappa shape index (κ2) is 9.24. The average Bonchev–Trinajstić information content (AvgIpc) is 3.21. The Labute approximate surface area is 171 Å². The molecule has 0 saturated heterocycles. The quantitative estimate of drug-likeness (QED) is 0.726. The molecular formula is C21H32N6O2. The Bertz CT molecular complexity index is 923. The van der Waals surface area contributed by atoms with Crippen LogP contribution in [0.25, 0.3) is 11.0 Å². The lowest BCUT2D eigenvalue weighted by Gasteiger charge is -2.23. The molecule has 4 rings (SSSR count). The van der Waals surface area contributed by atoms with Crippen molar-refractivity contribution in [3.8, 4) is 0 Å². The van der Waals surface area contributed by atoms with Crippen LogP contribution >= 0.6 is 0 Å². The number of anilines is 2. The molecule has 158 valence electrons. The number of fused-ring (bicyclic) bond motifs is 1. The molecule has 2 aromatic rings. The second-order valence-corrected chi connectivity index (χ2v) is 8.17. The molecule has 29 heavy (non-hydrogen) atoms. The largest absolute Gasteiger partial charge is 0.398 e. The molecule has 2 aliphatic carbocycles. The van der Waals surface area contributed by atoms with Crippen LogP contribution < -0.4 is 22.3 Å². The van der Waals surface area contributed by atoms with E-state index in [1.165, 1.54) is 39.0 Å². The number of carbonyl (C=O) groups is 1. The number of nitrogens with two attached hydrogens (primary N) is 2. The summed E-state index contributed by atoms with van der Waals surface area (Å²) in [7, 11) is 0. The summed E-state index contributed by atoms with van der Waals surface area (Å²) in [4.78, 5) is 31.3. The van der Waals surface area contributed by atoms with Crippen molar-refractivity contribution in [2.75, 3.05) is 11.1 Å². The van der Waals surface area contributed by atoms with Gasteiger partial charge >= 0.3 is 0 Å². The van der Waals surface area contributed by atoms with Crippen LogP contribution in [0.5, 0.6) is 0 Å². The molecule has 8 heteroatoms. The lowest BCUT2D eigenvalue weighted by Crippen LogP contribution is -2.28. The fourth-order valence-corrected chi connectivity index (χ4v) is 4.34. The van der Waals surface area contributed by atoms with Gasteiger partial charge in [-0.15, -0.1) is 0 Å². The predicted octanol–water partition coefficient (Wildman–Crippen LogP) is 3.03. The summed E-state index contributed by atoms with van der Waals surface area (Å²) >= 11 is 0. The summed E-state index contributed by atoms with van der Waals surface area (Å²) < 4.78 is 1.88. The van der Waals surface area contributed by atoms with Crippen LogP contribution in [0, 0.1) is 6.92 Å². The third-order valence-electron chi connectivity index (χ3n) is 5.86. The summed E-state index contributed by atoms with van der Waals surface area (Å²) in [5, 5.41) is 4.26. The van der Waals surface area contributed by atoms with E-state index in [1.54, 1.807) is 13.1 Å². The van der Waals surface area contributed by atoms with E-state index in [1.807, 2.05) is 4.57 Å². The summed E-state index contributed by atoms with van der Waals surface area (Å²) in [6, 6.07) is 0.660. The van der Waals surface area contributed by atoms with Crippen molar-refractivity contribution < 1.29 is 4.79 Å². The van der Waals surface area contributed by atoms with E-state index in [2.05, 4.69) is 16.0 Å². The van der Waals surface area contributed by atoms with Gasteiger partial charge in [-0.3, -0.25) is 14.2 Å². The Hall–Kier alpha value is -2.64. The molecule has 2 aromatic heterocycles. The minimum absolute atomic E-state index is 0.000726. The highest BCUT2D eigenvalue weighted by molar-refractivity contribution is 5.89. The molecule has 5 N–H and O–H groups in total. The molecule has 2 fully saturated rings. The fourth-order valence-electron chi connectivity index (χ4n) is 4.34. The zero-order chi connectivity index (χ0) is 21.0. The standard InChI is InChI=1S/C19H27N5O.C2H5NO/c1-12-16(20)15-11-21-19(22-13-7-3-2-4-8-13)23-17(15)24(18(12)25)14-9-5-6-10-14;1-2(3)4/h11,13-14H,2-10,20H2,1H3,(H,21,22,23);1H3,(H2,3,4). The van der Waals surface area contributed by atoms with Crippen LogP contribution in [0.4, 0.5) is 11.6 Å². The smallest absolute Gasteiger partial charge is 0.257 e. The van der Waals surface area contributed by atoms with Gasteiger partial charge in [-0.05, 0) is 32.6 Å². The van der Waals surface area contributed by atoms with Gasteiger partial charge in [-0.25, -0.2) is 4.98 Å². The predicted molar refractivity (Wildman–Crippen MR) is 116 cm³/mol. The van der Waals surface area contributed by atoms with Crippen molar-refractivity contribution in [1.29, 1.82) is 0 Å². The minimum atomic E-state index is -0.333. The fraction of sp³-hybridized carbons (Fsp3) is 0.619. The van der Waals surface area contributed by atoms with Gasteiger partial charge in [0, 0.05) is 30.8 Å². The molecule has 0 bridgehead atoms. The van der Waals surface area contributed by atoms with Crippen molar-refractivity contribution in [2.24, 2.45) is 5.73 Å². The third-order valence-corrected chi connectivity index (χ3v) is 5.86. The number of aromatic nitrogens is 3. The van der Waals surface area contributed by atoms with Crippen molar-refractivity contribution in [1.82, 2.24) is 14.5 Å². The Kier molecular flexibility index (Phi) is 6.71. The first-order chi connectivity index (χ1) is 13.9. The number of nitrogen functional groups attached to an aromatic ring is 1. The van der Waals surface area contributed by atoms with Crippen molar-refractivity contribution in [2.45, 2.75) is 83.7 Å². The highest BCUT2D eigenvalue weighted by Gasteiger charge is 2.24. The van der Waals surface area contributed by atoms with E-state index in [0.717, 1.165) is 31.1 Å². The highest BCUT2D eigenvalue weighted by Crippen LogP contribution is 2.32. The molecule has 8 nitrogen and oxygen atoms in total. The lowest BCUT2D eigenvalue weighted by molar-refractivity contribution is -0.115. The Morgan fingerprint density at radius 1 is 1.14 bits per heavy atom. The number of primary amides is 1. The van der Waals surface area contributed by atoms with E-state index in [9.17, 15) is 9.59 Å². The molecule has 0 aliphatic heterocycles. The first-order valence-electron chi connectivity index (χ1n) is 10.6. The lowest BCUT2D eigenvalue weighted by atomic mass is 9.96. The molecule has 0 spiro atoms. The van der Waals surface area contributed by atoms with Crippen LogP contribution in [-0.4, -0.2) is 26.5 Å². The molecule has 0 radical (unpaired) electrons. The van der Waals surface area contributed by atoms with Crippen LogP contribution in [0.1, 0.15) is 76.3 Å². The number of amides is 1. The number of nitrogens with zero attached hydrogens (tertiary/aromatic N) is 3. The first kappa shape index (κ1) is 21.1. The van der Waals surface area contributed by atoms with Gasteiger partial charge in [0.05, 0.1) is 11.1 Å². The number of hydrogen-bond acceptors (Lipinski definition) is 6. The van der Waals surface area contributed by atoms with Gasteiger partial charge in [-0.1, -0.05) is 32.1 Å². The molecule has 2 saturated carbocycles. The van der Waals surface area contributed by atoms with E-state index in [4.69, 9.17) is 10.7 Å². The van der Waals surface area contributed by atoms with E-state index >= 15 is 0 Å². The molecule has 1 amide bonds. The SMILES string of the molecule is CC(N)=O.Cc1c(N)c2cnc(NC3CCCCC3)nc2n(C2CCCC2)c1=O. The van der Waals surface area contributed by atoms with Crippen molar-refractivity contribution in [3.05, 3.63) is 22.1 Å². The maximum absolute atomic E-state index is 12.9. The summed E-state index contributed by atoms with van der Waals surface area (Å²) in [6.07, 6.45) is 12.3. The highest BCUT2D eigenvalue weighted by atomic mass is 16.1. The third kappa shape index (κ3) is 4.86. The van der Waals surface area contributed by atoms with Gasteiger partial charge in [-0.2, -0.15) is 4.98 Å². The van der Waals surface area contributed by atoms with Gasteiger partial charge in [0.15, 0.2) is 5.65 Å². The maximum atomic E-state index is 12.9. The molecular weight excluding hydrogens is 368 g/mol. The van der Waals surface area contributed by atoms with Crippen LogP contribution in [0.15, 0.2) is 11.0 Å². The number of nitrogens with one attached hydrogen (secondary N) is 1. The van der Waals surface area contributed by atoms with E-state index < -0.39 is 0 Å². The van der Waals surface area contributed by atoms with Crippen molar-refractivity contribution in [3.63, 3.8) is 0 Å². The van der Waals surface area contributed by atoms with Gasteiger partial charge < -0.3 is 16.8 Å². The minimum Gasteiger partial charge on any atom is -0.398 e.